The quantitative estimate of drug-likeness (QED) is 0.665. The average molecular weight is 268 g/mol. The molecule has 0 aromatic rings. The molecule has 0 aliphatic heterocycles. The predicted molar refractivity (Wildman–Crippen MR) is 80.3 cm³/mol. The summed E-state index contributed by atoms with van der Waals surface area (Å²) in [6, 6.07) is 0. The molecule has 0 radical (unpaired) electrons. The van der Waals surface area contributed by atoms with Gasteiger partial charge < -0.3 is 4.74 Å². The van der Waals surface area contributed by atoms with Crippen LogP contribution in [0.2, 0.25) is 0 Å². The molecule has 1 fully saturated rings. The first-order valence-electron chi connectivity index (χ1n) is 7.98. The van der Waals surface area contributed by atoms with Crippen molar-refractivity contribution < 1.29 is 9.53 Å². The first kappa shape index (κ1) is 16.7. The van der Waals surface area contributed by atoms with Gasteiger partial charge in [-0.3, -0.25) is 4.79 Å². The van der Waals surface area contributed by atoms with E-state index in [0.717, 1.165) is 38.5 Å². The van der Waals surface area contributed by atoms with Gasteiger partial charge in [-0.1, -0.05) is 34.1 Å². The molecule has 0 unspecified atom stereocenters. The van der Waals surface area contributed by atoms with Crippen molar-refractivity contribution in [1.29, 1.82) is 0 Å². The van der Waals surface area contributed by atoms with Gasteiger partial charge in [0.1, 0.15) is 5.60 Å². The molecule has 0 heterocycles. The minimum absolute atomic E-state index is 0.352. The van der Waals surface area contributed by atoms with Gasteiger partial charge in [0.05, 0.1) is 0 Å². The molecule has 1 saturated carbocycles. The van der Waals surface area contributed by atoms with Crippen LogP contribution in [-0.2, 0) is 9.53 Å². The van der Waals surface area contributed by atoms with Gasteiger partial charge in [-0.05, 0) is 50.4 Å². The van der Waals surface area contributed by atoms with Gasteiger partial charge >= 0.3 is 0 Å². The molecule has 0 spiro atoms. The fourth-order valence-corrected chi connectivity index (χ4v) is 3.01. The molecule has 19 heavy (non-hydrogen) atoms. The maximum absolute atomic E-state index is 12.6. The summed E-state index contributed by atoms with van der Waals surface area (Å²) in [5.74, 6) is 1.03. The Morgan fingerprint density at radius 2 is 1.74 bits per heavy atom. The molecule has 1 aliphatic rings. The third-order valence-corrected chi connectivity index (χ3v) is 4.53. The minimum atomic E-state index is -0.457. The second-order valence-electron chi connectivity index (χ2n) is 7.30. The smallest absolute Gasteiger partial charge is 0.164 e. The van der Waals surface area contributed by atoms with E-state index in [1.807, 2.05) is 6.92 Å². The van der Waals surface area contributed by atoms with Crippen LogP contribution in [0.15, 0.2) is 0 Å². The number of Topliss-reactive ketones (excluding diaryl/α,β-unsaturated/α-hetero) is 1. The Morgan fingerprint density at radius 1 is 1.16 bits per heavy atom. The maximum Gasteiger partial charge on any atom is 0.164 e. The summed E-state index contributed by atoms with van der Waals surface area (Å²) in [4.78, 5) is 12.6. The second kappa shape index (κ2) is 6.88. The number of carbonyl (C=O) groups is 1. The number of rotatable bonds is 7. The van der Waals surface area contributed by atoms with E-state index in [1.54, 1.807) is 0 Å². The van der Waals surface area contributed by atoms with Crippen LogP contribution in [-0.4, -0.2) is 18.0 Å². The molecule has 1 aliphatic carbocycles. The van der Waals surface area contributed by atoms with Crippen LogP contribution in [0.1, 0.15) is 79.6 Å². The van der Waals surface area contributed by atoms with Gasteiger partial charge in [-0.15, -0.1) is 0 Å². The van der Waals surface area contributed by atoms with Crippen LogP contribution in [0, 0.1) is 11.3 Å². The molecule has 0 aromatic heterocycles. The zero-order valence-corrected chi connectivity index (χ0v) is 13.6. The van der Waals surface area contributed by atoms with Crippen molar-refractivity contribution in [2.24, 2.45) is 11.3 Å². The summed E-state index contributed by atoms with van der Waals surface area (Å²) in [5.41, 5.74) is -0.0833. The monoisotopic (exact) mass is 268 g/mol. The number of ether oxygens (including phenoxy) is 1. The molecule has 112 valence electrons. The van der Waals surface area contributed by atoms with Gasteiger partial charge in [-0.25, -0.2) is 0 Å². The largest absolute Gasteiger partial charge is 0.368 e. The first-order valence-corrected chi connectivity index (χ1v) is 7.98. The summed E-state index contributed by atoms with van der Waals surface area (Å²) >= 11 is 0. The van der Waals surface area contributed by atoms with Gasteiger partial charge in [0.2, 0.25) is 0 Å². The number of carbonyl (C=O) groups excluding carboxylic acids is 1. The zero-order valence-electron chi connectivity index (χ0n) is 13.6. The average Bonchev–Trinajstić information content (AvgIpc) is 2.32. The van der Waals surface area contributed by atoms with Crippen molar-refractivity contribution in [2.75, 3.05) is 6.61 Å². The predicted octanol–water partition coefficient (Wildman–Crippen LogP) is 4.76. The van der Waals surface area contributed by atoms with E-state index in [0.29, 0.717) is 30.1 Å². The number of hydrogen-bond donors (Lipinski definition) is 0. The highest BCUT2D eigenvalue weighted by atomic mass is 16.5. The lowest BCUT2D eigenvalue weighted by Gasteiger charge is -2.42. The van der Waals surface area contributed by atoms with E-state index in [4.69, 9.17) is 4.74 Å². The lowest BCUT2D eigenvalue weighted by molar-refractivity contribution is -0.152. The Hall–Kier alpha value is -0.370. The molecule has 1 rings (SSSR count). The molecule has 0 saturated heterocycles. The molecular formula is C17H32O2. The van der Waals surface area contributed by atoms with Crippen molar-refractivity contribution in [3.8, 4) is 0 Å². The molecule has 0 atom stereocenters. The fraction of sp³-hybridized carbons (Fsp3) is 0.941. The zero-order chi connectivity index (χ0) is 14.5. The van der Waals surface area contributed by atoms with Crippen LogP contribution in [0.4, 0.5) is 0 Å². The van der Waals surface area contributed by atoms with Crippen molar-refractivity contribution in [3.05, 3.63) is 0 Å². The van der Waals surface area contributed by atoms with Crippen molar-refractivity contribution >= 4 is 5.78 Å². The Bertz CT molecular complexity index is 282. The number of hydrogen-bond acceptors (Lipinski definition) is 2. The maximum atomic E-state index is 12.6. The lowest BCUT2D eigenvalue weighted by atomic mass is 9.69. The highest BCUT2D eigenvalue weighted by molar-refractivity contribution is 5.87. The molecule has 0 bridgehead atoms. The molecule has 2 nitrogen and oxygen atoms in total. The Balaban J connectivity index is 2.58. The Kier molecular flexibility index (Phi) is 6.04. The molecule has 0 aromatic carbocycles. The third-order valence-electron chi connectivity index (χ3n) is 4.53. The topological polar surface area (TPSA) is 26.3 Å². The Morgan fingerprint density at radius 3 is 2.21 bits per heavy atom. The summed E-state index contributed by atoms with van der Waals surface area (Å²) in [5, 5.41) is 0. The van der Waals surface area contributed by atoms with E-state index in [1.165, 1.54) is 0 Å². The molecule has 0 amide bonds. The normalized spacial score (nSPS) is 21.6. The highest BCUT2D eigenvalue weighted by Gasteiger charge is 2.43. The lowest BCUT2D eigenvalue weighted by Crippen LogP contribution is -2.46. The SMILES string of the molecule is CCOC1(C(=O)CCCC(C)C)CCC(C)(C)CC1. The van der Waals surface area contributed by atoms with Gasteiger partial charge in [0.25, 0.3) is 0 Å². The van der Waals surface area contributed by atoms with Crippen LogP contribution in [0.5, 0.6) is 0 Å². The van der Waals surface area contributed by atoms with Crippen LogP contribution in [0.3, 0.4) is 0 Å². The van der Waals surface area contributed by atoms with E-state index < -0.39 is 5.60 Å². The summed E-state index contributed by atoms with van der Waals surface area (Å²) < 4.78 is 5.93. The molecule has 2 heteroatoms. The fourth-order valence-electron chi connectivity index (χ4n) is 3.01. The van der Waals surface area contributed by atoms with E-state index in [-0.39, 0.29) is 0 Å². The van der Waals surface area contributed by atoms with Crippen molar-refractivity contribution in [3.63, 3.8) is 0 Å². The van der Waals surface area contributed by atoms with Crippen molar-refractivity contribution in [1.82, 2.24) is 0 Å². The minimum Gasteiger partial charge on any atom is -0.368 e. The van der Waals surface area contributed by atoms with E-state index >= 15 is 0 Å². The molecular weight excluding hydrogens is 236 g/mol. The Labute approximate surface area is 119 Å². The summed E-state index contributed by atoms with van der Waals surface area (Å²) in [6.07, 6.45) is 6.86. The van der Waals surface area contributed by atoms with Crippen molar-refractivity contribution in [2.45, 2.75) is 85.2 Å². The summed E-state index contributed by atoms with van der Waals surface area (Å²) in [7, 11) is 0. The van der Waals surface area contributed by atoms with E-state index in [2.05, 4.69) is 27.7 Å². The summed E-state index contributed by atoms with van der Waals surface area (Å²) in [6.45, 7) is 11.7. The molecule has 0 N–H and O–H groups in total. The van der Waals surface area contributed by atoms with Crippen LogP contribution < -0.4 is 0 Å². The highest BCUT2D eigenvalue weighted by Crippen LogP contribution is 2.43. The van der Waals surface area contributed by atoms with Gasteiger partial charge in [0.15, 0.2) is 5.78 Å². The second-order valence-corrected chi connectivity index (χ2v) is 7.30. The first-order chi connectivity index (χ1) is 8.81. The van der Waals surface area contributed by atoms with Crippen LogP contribution in [0.25, 0.3) is 0 Å². The third kappa shape index (κ3) is 4.91. The van der Waals surface area contributed by atoms with Gasteiger partial charge in [0, 0.05) is 13.0 Å². The standard InChI is InChI=1S/C17H32O2/c1-6-19-17(12-10-16(4,5)11-13-17)15(18)9-7-8-14(2)3/h14H,6-13H2,1-5H3. The number of ketones is 1. The van der Waals surface area contributed by atoms with Gasteiger partial charge in [-0.2, -0.15) is 0 Å². The van der Waals surface area contributed by atoms with E-state index in [9.17, 15) is 4.79 Å². The van der Waals surface area contributed by atoms with Crippen LogP contribution >= 0.6 is 0 Å².